The smallest absolute Gasteiger partial charge is 0.410 e. The zero-order valence-electron chi connectivity index (χ0n) is 26.2. The van der Waals surface area contributed by atoms with Gasteiger partial charge in [-0.25, -0.2) is 14.8 Å². The van der Waals surface area contributed by atoms with E-state index in [0.29, 0.717) is 48.3 Å². The van der Waals surface area contributed by atoms with E-state index in [2.05, 4.69) is 71.4 Å². The van der Waals surface area contributed by atoms with Crippen molar-refractivity contribution in [2.24, 2.45) is 0 Å². The summed E-state index contributed by atoms with van der Waals surface area (Å²) in [5, 5.41) is 4.48. The molecule has 246 valence electrons. The zero-order chi connectivity index (χ0) is 33.6. The first-order valence-corrected chi connectivity index (χ1v) is 17.6. The minimum atomic E-state index is -0.383. The lowest BCUT2D eigenvalue weighted by Gasteiger charge is -2.29. The molecule has 4 aromatic carbocycles. The largest absolute Gasteiger partial charge is 0.448 e. The molecule has 0 fully saturated rings. The van der Waals surface area contributed by atoms with Gasteiger partial charge >= 0.3 is 6.09 Å². The Hall–Kier alpha value is -4.65. The Bertz CT molecular complexity index is 2360. The lowest BCUT2D eigenvalue weighted by molar-refractivity contribution is 0.0889. The number of carbonyl (C=O) groups is 1. The van der Waals surface area contributed by atoms with E-state index < -0.39 is 0 Å². The van der Waals surface area contributed by atoms with E-state index in [0.717, 1.165) is 26.8 Å². The van der Waals surface area contributed by atoms with Gasteiger partial charge in [-0.3, -0.25) is 23.6 Å². The summed E-state index contributed by atoms with van der Waals surface area (Å²) in [5.74, 6) is 1.41. The van der Waals surface area contributed by atoms with Crippen LogP contribution < -0.4 is 16.4 Å². The molecule has 9 rings (SSSR count). The summed E-state index contributed by atoms with van der Waals surface area (Å²) >= 11 is 6.82. The highest BCUT2D eigenvalue weighted by Crippen LogP contribution is 2.44. The Morgan fingerprint density at radius 1 is 0.755 bits per heavy atom. The molecule has 4 heterocycles. The molecule has 0 atom stereocenters. The molecule has 0 bridgehead atoms. The van der Waals surface area contributed by atoms with E-state index >= 15 is 0 Å². The van der Waals surface area contributed by atoms with Crippen molar-refractivity contribution in [3.8, 4) is 11.1 Å². The molecule has 0 spiro atoms. The first kappa shape index (κ1) is 31.6. The highest BCUT2D eigenvalue weighted by Gasteiger charge is 2.31. The first-order chi connectivity index (χ1) is 23.9. The van der Waals surface area contributed by atoms with E-state index in [1.807, 2.05) is 54.6 Å². The molecule has 3 aliphatic rings. The third kappa shape index (κ3) is 5.87. The fourth-order valence-electron chi connectivity index (χ4n) is 6.90. The number of nitrogens with zero attached hydrogens (tertiary/aromatic N) is 5. The third-order valence-electron chi connectivity index (χ3n) is 9.31. The van der Waals surface area contributed by atoms with Gasteiger partial charge in [0.05, 0.1) is 34.9 Å². The quantitative estimate of drug-likeness (QED) is 0.223. The fourth-order valence-corrected chi connectivity index (χ4v) is 7.60. The normalized spacial score (nSPS) is 14.8. The maximum atomic E-state index is 13.0. The van der Waals surface area contributed by atoms with Gasteiger partial charge in [-0.05, 0) is 58.7 Å². The van der Waals surface area contributed by atoms with Crippen LogP contribution in [0.5, 0.6) is 0 Å². The molecule has 6 aromatic rings. The maximum Gasteiger partial charge on any atom is 0.410 e. The van der Waals surface area contributed by atoms with Crippen molar-refractivity contribution >= 4 is 59.8 Å². The lowest BCUT2D eigenvalue weighted by atomic mass is 9.98. The van der Waals surface area contributed by atoms with Crippen LogP contribution in [0.1, 0.15) is 28.7 Å². The minimum Gasteiger partial charge on any atom is -0.448 e. The van der Waals surface area contributed by atoms with E-state index in [-0.39, 0.29) is 36.3 Å². The third-order valence-corrected chi connectivity index (χ3v) is 10.3. The molecule has 1 amide bonds. The molecule has 12 heteroatoms. The molecule has 10 nitrogen and oxygen atoms in total. The number of carbonyl (C=O) groups excluding carboxylic acids is 1. The molecule has 49 heavy (non-hydrogen) atoms. The summed E-state index contributed by atoms with van der Waals surface area (Å²) in [6.07, 6.45) is -0.383. The summed E-state index contributed by atoms with van der Waals surface area (Å²) in [4.78, 5) is 48.8. The minimum absolute atomic E-state index is 0.0143. The van der Waals surface area contributed by atoms with Gasteiger partial charge in [-0.1, -0.05) is 80.4 Å². The second-order valence-corrected chi connectivity index (χ2v) is 14.0. The molecule has 2 aliphatic heterocycles. The van der Waals surface area contributed by atoms with Crippen molar-refractivity contribution in [2.45, 2.75) is 32.1 Å². The van der Waals surface area contributed by atoms with Crippen molar-refractivity contribution in [3.63, 3.8) is 0 Å². The zero-order valence-corrected chi connectivity index (χ0v) is 29.4. The number of amides is 1. The van der Waals surface area contributed by atoms with Gasteiger partial charge in [0.2, 0.25) is 0 Å². The first-order valence-electron chi connectivity index (χ1n) is 16.0. The summed E-state index contributed by atoms with van der Waals surface area (Å²) in [5.41, 5.74) is 6.12. The van der Waals surface area contributed by atoms with Crippen LogP contribution in [0.15, 0.2) is 103 Å². The van der Waals surface area contributed by atoms with Gasteiger partial charge in [-0.15, -0.1) is 0 Å². The number of nitrogens with one attached hydrogen (secondary N) is 1. The summed E-state index contributed by atoms with van der Waals surface area (Å²) in [6, 6.07) is 27.6. The number of rotatable bonds is 2. The molecule has 0 radical (unpaired) electrons. The van der Waals surface area contributed by atoms with Crippen LogP contribution in [0.2, 0.25) is 0 Å². The van der Waals surface area contributed by atoms with Crippen molar-refractivity contribution in [1.82, 2.24) is 29.3 Å². The summed E-state index contributed by atoms with van der Waals surface area (Å²) in [7, 11) is 0. The SMILES string of the molecule is O=C(OCC1c2ccccc2-c2ccccc21)N1CCn2c(nc3cc(Br)ccc3c2=O)C1.O=c1c2ccc(Br)cc2nc2n1CCNC2. The van der Waals surface area contributed by atoms with Gasteiger partial charge in [0.25, 0.3) is 11.1 Å². The van der Waals surface area contributed by atoms with Crippen molar-refractivity contribution in [2.75, 3.05) is 19.7 Å². The van der Waals surface area contributed by atoms with Crippen molar-refractivity contribution < 1.29 is 9.53 Å². The second-order valence-electron chi connectivity index (χ2n) is 12.2. The van der Waals surface area contributed by atoms with E-state index in [4.69, 9.17) is 4.74 Å². The average molecular weight is 782 g/mol. The van der Waals surface area contributed by atoms with Crippen LogP contribution in [-0.2, 0) is 30.9 Å². The predicted octanol–water partition coefficient (Wildman–Crippen LogP) is 6.19. The van der Waals surface area contributed by atoms with Gasteiger partial charge < -0.3 is 10.1 Å². The average Bonchev–Trinajstić information content (AvgIpc) is 3.44. The molecule has 0 saturated carbocycles. The van der Waals surface area contributed by atoms with Gasteiger partial charge in [0, 0.05) is 41.0 Å². The number of hydrogen-bond acceptors (Lipinski definition) is 7. The van der Waals surface area contributed by atoms with Gasteiger partial charge in [0.15, 0.2) is 0 Å². The molecule has 1 aliphatic carbocycles. The molecule has 0 unspecified atom stereocenters. The molecule has 2 aromatic heterocycles. The van der Waals surface area contributed by atoms with Crippen LogP contribution in [-0.4, -0.2) is 49.8 Å². The van der Waals surface area contributed by atoms with Gasteiger partial charge in [-0.2, -0.15) is 0 Å². The van der Waals surface area contributed by atoms with Crippen LogP contribution in [0, 0.1) is 0 Å². The number of benzene rings is 4. The van der Waals surface area contributed by atoms with Crippen LogP contribution in [0.4, 0.5) is 4.79 Å². The Morgan fingerprint density at radius 3 is 1.96 bits per heavy atom. The lowest BCUT2D eigenvalue weighted by Crippen LogP contribution is -2.43. The van der Waals surface area contributed by atoms with E-state index in [9.17, 15) is 14.4 Å². The van der Waals surface area contributed by atoms with Crippen LogP contribution >= 0.6 is 31.9 Å². The predicted molar refractivity (Wildman–Crippen MR) is 195 cm³/mol. The second kappa shape index (κ2) is 13.0. The highest BCUT2D eigenvalue weighted by atomic mass is 79.9. The number of hydrogen-bond donors (Lipinski definition) is 1. The Kier molecular flexibility index (Phi) is 8.38. The summed E-state index contributed by atoms with van der Waals surface area (Å²) in [6.45, 7) is 3.52. The number of aromatic nitrogens is 4. The Labute approximate surface area is 297 Å². The fraction of sp³-hybridized carbons (Fsp3) is 0.216. The number of fused-ring (bicyclic) bond motifs is 7. The highest BCUT2D eigenvalue weighted by molar-refractivity contribution is 9.10. The summed E-state index contributed by atoms with van der Waals surface area (Å²) < 4.78 is 11.0. The number of ether oxygens (including phenoxy) is 1. The van der Waals surface area contributed by atoms with Crippen molar-refractivity contribution in [3.05, 3.63) is 137 Å². The maximum absolute atomic E-state index is 13.0. The van der Waals surface area contributed by atoms with Crippen molar-refractivity contribution in [1.29, 1.82) is 0 Å². The molecule has 0 saturated heterocycles. The van der Waals surface area contributed by atoms with Crippen LogP contribution in [0.25, 0.3) is 32.9 Å². The molecular formula is C37H30Br2N6O4. The Morgan fingerprint density at radius 2 is 1.33 bits per heavy atom. The molecule has 1 N–H and O–H groups in total. The monoisotopic (exact) mass is 780 g/mol. The van der Waals surface area contributed by atoms with Crippen LogP contribution in [0.3, 0.4) is 0 Å². The topological polar surface area (TPSA) is 111 Å². The Balaban J connectivity index is 0.000000182. The number of halogens is 2. The van der Waals surface area contributed by atoms with Gasteiger partial charge in [0.1, 0.15) is 18.3 Å². The standard InChI is InChI=1S/C26H20BrN3O3.C11H10BrN3O/c27-16-9-10-21-23(13-16)28-24-14-29(11-12-30(24)25(21)31)26(32)33-15-22-19-7-3-1-5-17(19)18-6-2-4-8-20(18)22;12-7-1-2-8-9(5-7)14-10-6-13-3-4-15(10)11(8)16/h1-10,13,22H,11-12,14-15H2;1-2,5,13H,3-4,6H2. The van der Waals surface area contributed by atoms with E-state index in [1.54, 1.807) is 20.1 Å². The van der Waals surface area contributed by atoms with E-state index in [1.165, 1.54) is 22.3 Å². The molecular weight excluding hydrogens is 752 g/mol.